The van der Waals surface area contributed by atoms with Crippen molar-refractivity contribution < 1.29 is 9.90 Å². The van der Waals surface area contributed by atoms with Crippen LogP contribution in [0.5, 0.6) is 5.75 Å². The lowest BCUT2D eigenvalue weighted by Crippen LogP contribution is -2.25. The van der Waals surface area contributed by atoms with Crippen LogP contribution in [0.3, 0.4) is 0 Å². The molecule has 1 rings (SSSR count). The molecule has 0 heterocycles. The Bertz CT molecular complexity index is 409. The highest BCUT2D eigenvalue weighted by molar-refractivity contribution is 9.10. The molecule has 1 aromatic carbocycles. The number of phenolic OH excluding ortho intramolecular Hbond substituents is 1. The molecule has 17 heavy (non-hydrogen) atoms. The largest absolute Gasteiger partial charge is 0.507 e. The Hall–Kier alpha value is -0.940. The van der Waals surface area contributed by atoms with Crippen LogP contribution in [0, 0.1) is 0 Å². The number of nitrogens with one attached hydrogen (secondary N) is 1. The van der Waals surface area contributed by atoms with E-state index in [1.54, 1.807) is 23.9 Å². The normalized spacial score (nSPS) is 9.94. The lowest BCUT2D eigenvalue weighted by Gasteiger charge is -2.05. The molecule has 1 aromatic rings. The molecule has 0 aromatic heterocycles. The number of benzene rings is 1. The number of hydrogen-bond acceptors (Lipinski definition) is 3. The van der Waals surface area contributed by atoms with Crippen LogP contribution in [-0.4, -0.2) is 29.1 Å². The van der Waals surface area contributed by atoms with Gasteiger partial charge in [0.25, 0.3) is 5.91 Å². The summed E-state index contributed by atoms with van der Waals surface area (Å²) < 4.78 is 0.579. The summed E-state index contributed by atoms with van der Waals surface area (Å²) in [6.45, 7) is 4.22. The summed E-state index contributed by atoms with van der Waals surface area (Å²) >= 11 is 4.87. The number of thioether (sulfide) groups is 1. The minimum Gasteiger partial charge on any atom is -0.507 e. The fraction of sp³-hybridized carbons (Fsp3) is 0.250. The van der Waals surface area contributed by atoms with Crippen LogP contribution in [0.25, 0.3) is 0 Å². The molecular formula is C12H14BrNO2S. The molecule has 0 unspecified atom stereocenters. The third kappa shape index (κ3) is 4.83. The zero-order chi connectivity index (χ0) is 12.7. The van der Waals surface area contributed by atoms with Gasteiger partial charge in [0.1, 0.15) is 5.75 Å². The molecule has 0 saturated heterocycles. The van der Waals surface area contributed by atoms with Crippen LogP contribution < -0.4 is 5.32 Å². The Morgan fingerprint density at radius 1 is 1.59 bits per heavy atom. The predicted molar refractivity (Wildman–Crippen MR) is 75.7 cm³/mol. The van der Waals surface area contributed by atoms with Gasteiger partial charge in [0.2, 0.25) is 0 Å². The monoisotopic (exact) mass is 315 g/mol. The van der Waals surface area contributed by atoms with E-state index >= 15 is 0 Å². The van der Waals surface area contributed by atoms with Gasteiger partial charge in [0.05, 0.1) is 4.47 Å². The molecular weight excluding hydrogens is 302 g/mol. The van der Waals surface area contributed by atoms with Crippen molar-refractivity contribution in [2.24, 2.45) is 0 Å². The topological polar surface area (TPSA) is 49.3 Å². The Morgan fingerprint density at radius 3 is 3.00 bits per heavy atom. The van der Waals surface area contributed by atoms with E-state index in [-0.39, 0.29) is 11.7 Å². The molecule has 0 bridgehead atoms. The molecule has 92 valence electrons. The highest BCUT2D eigenvalue weighted by Gasteiger charge is 2.07. The van der Waals surface area contributed by atoms with Gasteiger partial charge in [-0.15, -0.1) is 6.58 Å². The van der Waals surface area contributed by atoms with Crippen molar-refractivity contribution >= 4 is 33.6 Å². The average molecular weight is 316 g/mol. The Kier molecular flexibility index (Phi) is 6.15. The third-order valence-corrected chi connectivity index (χ3v) is 3.61. The summed E-state index contributed by atoms with van der Waals surface area (Å²) in [5.74, 6) is 1.63. The Morgan fingerprint density at radius 2 is 2.35 bits per heavy atom. The number of carbonyl (C=O) groups is 1. The first-order chi connectivity index (χ1) is 8.15. The average Bonchev–Trinajstić information content (AvgIpc) is 2.32. The van der Waals surface area contributed by atoms with Gasteiger partial charge in [-0.3, -0.25) is 4.79 Å². The molecule has 1 amide bonds. The molecule has 0 saturated carbocycles. The zero-order valence-corrected chi connectivity index (χ0v) is 11.7. The second-order valence-corrected chi connectivity index (χ2v) is 5.29. The smallest absolute Gasteiger partial charge is 0.251 e. The molecule has 0 spiro atoms. The minimum absolute atomic E-state index is 0.0682. The predicted octanol–water partition coefficient (Wildman–Crippen LogP) is 2.80. The summed E-state index contributed by atoms with van der Waals surface area (Å²) in [4.78, 5) is 11.7. The molecule has 0 aliphatic heterocycles. The van der Waals surface area contributed by atoms with Crippen molar-refractivity contribution in [1.82, 2.24) is 5.32 Å². The van der Waals surface area contributed by atoms with E-state index in [4.69, 9.17) is 0 Å². The van der Waals surface area contributed by atoms with E-state index in [1.165, 1.54) is 6.07 Å². The lowest BCUT2D eigenvalue weighted by molar-refractivity contribution is 0.0956. The summed E-state index contributed by atoms with van der Waals surface area (Å²) in [5.41, 5.74) is 0.458. The van der Waals surface area contributed by atoms with Crippen molar-refractivity contribution in [3.8, 4) is 5.75 Å². The van der Waals surface area contributed by atoms with Gasteiger partial charge in [0.15, 0.2) is 0 Å². The number of rotatable bonds is 6. The lowest BCUT2D eigenvalue weighted by atomic mass is 10.2. The van der Waals surface area contributed by atoms with Gasteiger partial charge in [-0.05, 0) is 34.1 Å². The van der Waals surface area contributed by atoms with Crippen LogP contribution in [-0.2, 0) is 0 Å². The first-order valence-electron chi connectivity index (χ1n) is 5.10. The van der Waals surface area contributed by atoms with Crippen LogP contribution in [0.4, 0.5) is 0 Å². The Balaban J connectivity index is 2.41. The second-order valence-electron chi connectivity index (χ2n) is 3.29. The first kappa shape index (κ1) is 14.1. The molecule has 0 aliphatic carbocycles. The van der Waals surface area contributed by atoms with E-state index in [0.29, 0.717) is 16.6 Å². The van der Waals surface area contributed by atoms with E-state index in [9.17, 15) is 9.90 Å². The van der Waals surface area contributed by atoms with E-state index < -0.39 is 0 Å². The van der Waals surface area contributed by atoms with Gasteiger partial charge in [-0.2, -0.15) is 11.8 Å². The van der Waals surface area contributed by atoms with Crippen molar-refractivity contribution in [2.45, 2.75) is 0 Å². The SMILES string of the molecule is C=CCSCCNC(=O)c1ccc(Br)c(O)c1. The summed E-state index contributed by atoms with van der Waals surface area (Å²) in [5, 5.41) is 12.2. The molecule has 0 fully saturated rings. The van der Waals surface area contributed by atoms with E-state index in [0.717, 1.165) is 11.5 Å². The maximum Gasteiger partial charge on any atom is 0.251 e. The van der Waals surface area contributed by atoms with Gasteiger partial charge in [-0.1, -0.05) is 6.08 Å². The number of aromatic hydroxyl groups is 1. The van der Waals surface area contributed by atoms with Gasteiger partial charge in [0, 0.05) is 23.6 Å². The Labute approximate surface area is 113 Å². The van der Waals surface area contributed by atoms with Gasteiger partial charge < -0.3 is 10.4 Å². The maximum absolute atomic E-state index is 11.7. The molecule has 3 nitrogen and oxygen atoms in total. The van der Waals surface area contributed by atoms with Crippen molar-refractivity contribution in [3.63, 3.8) is 0 Å². The number of carbonyl (C=O) groups excluding carboxylic acids is 1. The molecule has 0 aliphatic rings. The van der Waals surface area contributed by atoms with Gasteiger partial charge in [-0.25, -0.2) is 0 Å². The fourth-order valence-electron chi connectivity index (χ4n) is 1.16. The molecule has 5 heteroatoms. The van der Waals surface area contributed by atoms with E-state index in [1.807, 2.05) is 6.08 Å². The standard InChI is InChI=1S/C12H14BrNO2S/c1-2-6-17-7-5-14-12(16)9-3-4-10(13)11(15)8-9/h2-4,8,15H,1,5-7H2,(H,14,16). The fourth-order valence-corrected chi connectivity index (χ4v) is 1.99. The number of phenols is 1. The molecule has 2 N–H and O–H groups in total. The maximum atomic E-state index is 11.7. The van der Waals surface area contributed by atoms with E-state index in [2.05, 4.69) is 27.8 Å². The van der Waals surface area contributed by atoms with Crippen LogP contribution in [0.15, 0.2) is 35.3 Å². The quantitative estimate of drug-likeness (QED) is 0.627. The summed E-state index contributed by atoms with van der Waals surface area (Å²) in [6.07, 6.45) is 1.83. The number of halogens is 1. The van der Waals surface area contributed by atoms with Crippen LogP contribution in [0.2, 0.25) is 0 Å². The van der Waals surface area contributed by atoms with Crippen LogP contribution >= 0.6 is 27.7 Å². The van der Waals surface area contributed by atoms with Gasteiger partial charge >= 0.3 is 0 Å². The highest BCUT2D eigenvalue weighted by atomic mass is 79.9. The first-order valence-corrected chi connectivity index (χ1v) is 7.05. The van der Waals surface area contributed by atoms with Crippen LogP contribution in [0.1, 0.15) is 10.4 Å². The molecule has 0 atom stereocenters. The minimum atomic E-state index is -0.174. The molecule has 0 radical (unpaired) electrons. The zero-order valence-electron chi connectivity index (χ0n) is 9.28. The summed E-state index contributed by atoms with van der Waals surface area (Å²) in [6, 6.07) is 4.75. The second kappa shape index (κ2) is 7.40. The number of hydrogen-bond donors (Lipinski definition) is 2. The third-order valence-electron chi connectivity index (χ3n) is 1.98. The number of amides is 1. The van der Waals surface area contributed by atoms with Crippen molar-refractivity contribution in [3.05, 3.63) is 40.9 Å². The van der Waals surface area contributed by atoms with Crippen molar-refractivity contribution in [1.29, 1.82) is 0 Å². The van der Waals surface area contributed by atoms with Crippen molar-refractivity contribution in [2.75, 3.05) is 18.1 Å². The summed E-state index contributed by atoms with van der Waals surface area (Å²) in [7, 11) is 0. The highest BCUT2D eigenvalue weighted by Crippen LogP contribution is 2.24.